The van der Waals surface area contributed by atoms with Gasteiger partial charge in [-0.25, -0.2) is 14.8 Å². The molecule has 108 valence electrons. The molecule has 0 aromatic carbocycles. The molecule has 1 aliphatic carbocycles. The highest BCUT2D eigenvalue weighted by molar-refractivity contribution is 7.10. The summed E-state index contributed by atoms with van der Waals surface area (Å²) in [6.07, 6.45) is 4.49. The van der Waals surface area contributed by atoms with E-state index in [1.807, 2.05) is 17.5 Å². The zero-order valence-corrected chi connectivity index (χ0v) is 11.8. The molecule has 2 aromatic heterocycles. The van der Waals surface area contributed by atoms with Gasteiger partial charge in [0.15, 0.2) is 5.69 Å². The average Bonchev–Trinajstić information content (AvgIpc) is 3.19. The first-order chi connectivity index (χ1) is 10.1. The van der Waals surface area contributed by atoms with Crippen molar-refractivity contribution in [3.05, 3.63) is 46.2 Å². The Balaban J connectivity index is 1.74. The molecule has 0 saturated heterocycles. The van der Waals surface area contributed by atoms with Crippen LogP contribution in [0.5, 0.6) is 0 Å². The maximum Gasteiger partial charge on any atom is 0.356 e. The minimum Gasteiger partial charge on any atom is -0.476 e. The van der Waals surface area contributed by atoms with Crippen molar-refractivity contribution in [1.82, 2.24) is 15.3 Å². The van der Waals surface area contributed by atoms with E-state index in [9.17, 15) is 9.59 Å². The van der Waals surface area contributed by atoms with Crippen LogP contribution in [0.4, 0.5) is 0 Å². The number of carbonyl (C=O) groups is 2. The number of carboxylic acid groups (broad SMARTS) is 1. The summed E-state index contributed by atoms with van der Waals surface area (Å²) in [4.78, 5) is 31.6. The summed E-state index contributed by atoms with van der Waals surface area (Å²) in [5, 5.41) is 13.7. The molecule has 1 unspecified atom stereocenters. The lowest BCUT2D eigenvalue weighted by Crippen LogP contribution is -2.30. The minimum atomic E-state index is -1.16. The highest BCUT2D eigenvalue weighted by Gasteiger charge is 2.34. The molecular weight excluding hydrogens is 290 g/mol. The first kappa shape index (κ1) is 13.7. The molecule has 6 nitrogen and oxygen atoms in total. The number of amides is 1. The second kappa shape index (κ2) is 5.61. The van der Waals surface area contributed by atoms with Crippen molar-refractivity contribution in [1.29, 1.82) is 0 Å². The van der Waals surface area contributed by atoms with E-state index in [1.165, 1.54) is 6.20 Å². The predicted octanol–water partition coefficient (Wildman–Crippen LogP) is 2.12. The van der Waals surface area contributed by atoms with Gasteiger partial charge in [-0.3, -0.25) is 4.79 Å². The Labute approximate surface area is 124 Å². The Hall–Kier alpha value is -2.28. The normalized spacial score (nSPS) is 15.4. The molecule has 21 heavy (non-hydrogen) atoms. The van der Waals surface area contributed by atoms with E-state index in [4.69, 9.17) is 5.11 Å². The lowest BCUT2D eigenvalue weighted by Gasteiger charge is -2.16. The van der Waals surface area contributed by atoms with Gasteiger partial charge in [-0.05, 0) is 30.2 Å². The Kier molecular flexibility index (Phi) is 3.66. The Bertz CT molecular complexity index is 651. The third kappa shape index (κ3) is 3.08. The van der Waals surface area contributed by atoms with E-state index in [1.54, 1.807) is 11.3 Å². The van der Waals surface area contributed by atoms with Crippen LogP contribution in [-0.4, -0.2) is 27.0 Å². The standard InChI is InChI=1S/C14H13N3O3S/c18-13(9-6-16-10(7-15-9)14(19)20)17-12(8-3-4-8)11-2-1-5-21-11/h1-2,5-8,12H,3-4H2,(H,17,18)(H,19,20). The van der Waals surface area contributed by atoms with E-state index >= 15 is 0 Å². The summed E-state index contributed by atoms with van der Waals surface area (Å²) in [6.45, 7) is 0. The molecule has 1 atom stereocenters. The zero-order chi connectivity index (χ0) is 14.8. The average molecular weight is 303 g/mol. The topological polar surface area (TPSA) is 92.2 Å². The quantitative estimate of drug-likeness (QED) is 0.882. The van der Waals surface area contributed by atoms with Crippen LogP contribution < -0.4 is 5.32 Å². The summed E-state index contributed by atoms with van der Waals surface area (Å²) in [6, 6.07) is 3.97. The number of aromatic carboxylic acids is 1. The van der Waals surface area contributed by atoms with Crippen molar-refractivity contribution in [3.63, 3.8) is 0 Å². The highest BCUT2D eigenvalue weighted by atomic mass is 32.1. The summed E-state index contributed by atoms with van der Waals surface area (Å²) in [5.41, 5.74) is -0.0502. The van der Waals surface area contributed by atoms with Gasteiger partial charge in [0.05, 0.1) is 18.4 Å². The molecule has 1 amide bonds. The maximum atomic E-state index is 12.2. The Morgan fingerprint density at radius 2 is 2.00 bits per heavy atom. The van der Waals surface area contributed by atoms with Gasteiger partial charge in [0.2, 0.25) is 0 Å². The van der Waals surface area contributed by atoms with Crippen molar-refractivity contribution in [2.24, 2.45) is 5.92 Å². The molecule has 1 fully saturated rings. The smallest absolute Gasteiger partial charge is 0.356 e. The van der Waals surface area contributed by atoms with Gasteiger partial charge in [0.1, 0.15) is 5.69 Å². The third-order valence-corrected chi connectivity index (χ3v) is 4.29. The molecule has 0 spiro atoms. The maximum absolute atomic E-state index is 12.2. The second-order valence-electron chi connectivity index (χ2n) is 4.90. The molecule has 2 N–H and O–H groups in total. The van der Waals surface area contributed by atoms with Gasteiger partial charge in [0.25, 0.3) is 5.91 Å². The number of nitrogens with one attached hydrogen (secondary N) is 1. The fraction of sp³-hybridized carbons (Fsp3) is 0.286. The first-order valence-electron chi connectivity index (χ1n) is 6.55. The van der Waals surface area contributed by atoms with Gasteiger partial charge >= 0.3 is 5.97 Å². The molecule has 0 radical (unpaired) electrons. The van der Waals surface area contributed by atoms with Crippen LogP contribution in [-0.2, 0) is 0 Å². The number of carboxylic acids is 1. The van der Waals surface area contributed by atoms with Crippen LogP contribution in [0, 0.1) is 5.92 Å². The lowest BCUT2D eigenvalue weighted by molar-refractivity contribution is 0.0689. The number of thiophene rings is 1. The molecule has 2 heterocycles. The monoisotopic (exact) mass is 303 g/mol. The summed E-state index contributed by atoms with van der Waals surface area (Å²) in [5.74, 6) is -1.02. The lowest BCUT2D eigenvalue weighted by atomic mass is 10.1. The number of aromatic nitrogens is 2. The van der Waals surface area contributed by atoms with Crippen molar-refractivity contribution in [2.45, 2.75) is 18.9 Å². The van der Waals surface area contributed by atoms with Crippen LogP contribution in [0.3, 0.4) is 0 Å². The van der Waals surface area contributed by atoms with Gasteiger partial charge in [0, 0.05) is 4.88 Å². The zero-order valence-electron chi connectivity index (χ0n) is 11.0. The molecule has 1 saturated carbocycles. The van der Waals surface area contributed by atoms with Crippen LogP contribution in [0.15, 0.2) is 29.9 Å². The van der Waals surface area contributed by atoms with Crippen LogP contribution in [0.2, 0.25) is 0 Å². The first-order valence-corrected chi connectivity index (χ1v) is 7.42. The Morgan fingerprint density at radius 3 is 2.52 bits per heavy atom. The van der Waals surface area contributed by atoms with E-state index in [0.717, 1.165) is 23.9 Å². The van der Waals surface area contributed by atoms with Gasteiger partial charge in [-0.1, -0.05) is 6.07 Å². The molecule has 3 rings (SSSR count). The van der Waals surface area contributed by atoms with E-state index in [2.05, 4.69) is 15.3 Å². The largest absolute Gasteiger partial charge is 0.476 e. The highest BCUT2D eigenvalue weighted by Crippen LogP contribution is 2.42. The van der Waals surface area contributed by atoms with Gasteiger partial charge in [-0.2, -0.15) is 0 Å². The number of hydrogen-bond acceptors (Lipinski definition) is 5. The molecular formula is C14H13N3O3S. The fourth-order valence-electron chi connectivity index (χ4n) is 2.09. The molecule has 1 aliphatic rings. The van der Waals surface area contributed by atoms with Crippen LogP contribution in [0.1, 0.15) is 44.7 Å². The minimum absolute atomic E-state index is 0.00143. The molecule has 0 bridgehead atoms. The van der Waals surface area contributed by atoms with Crippen molar-refractivity contribution in [2.75, 3.05) is 0 Å². The van der Waals surface area contributed by atoms with Crippen molar-refractivity contribution < 1.29 is 14.7 Å². The Morgan fingerprint density at radius 1 is 1.29 bits per heavy atom. The number of hydrogen-bond donors (Lipinski definition) is 2. The molecule has 7 heteroatoms. The molecule has 0 aliphatic heterocycles. The number of carbonyl (C=O) groups excluding carboxylic acids is 1. The SMILES string of the molecule is O=C(O)c1cnc(C(=O)NC(c2cccs2)C2CC2)cn1. The summed E-state index contributed by atoms with van der Waals surface area (Å²) in [7, 11) is 0. The molecule has 2 aromatic rings. The van der Waals surface area contributed by atoms with Crippen LogP contribution >= 0.6 is 11.3 Å². The number of nitrogens with zero attached hydrogens (tertiary/aromatic N) is 2. The summed E-state index contributed by atoms with van der Waals surface area (Å²) >= 11 is 1.61. The van der Waals surface area contributed by atoms with Crippen molar-refractivity contribution in [3.8, 4) is 0 Å². The van der Waals surface area contributed by atoms with Crippen LogP contribution in [0.25, 0.3) is 0 Å². The van der Waals surface area contributed by atoms with Gasteiger partial charge < -0.3 is 10.4 Å². The third-order valence-electron chi connectivity index (χ3n) is 3.33. The van der Waals surface area contributed by atoms with E-state index < -0.39 is 5.97 Å². The fourth-order valence-corrected chi connectivity index (χ4v) is 2.96. The van der Waals surface area contributed by atoms with E-state index in [-0.39, 0.29) is 23.3 Å². The van der Waals surface area contributed by atoms with E-state index in [0.29, 0.717) is 5.92 Å². The number of rotatable bonds is 5. The summed E-state index contributed by atoms with van der Waals surface area (Å²) < 4.78 is 0. The second-order valence-corrected chi connectivity index (χ2v) is 5.88. The van der Waals surface area contributed by atoms with Gasteiger partial charge in [-0.15, -0.1) is 11.3 Å². The van der Waals surface area contributed by atoms with Crippen molar-refractivity contribution >= 4 is 23.2 Å². The predicted molar refractivity (Wildman–Crippen MR) is 76.2 cm³/mol.